The van der Waals surface area contributed by atoms with Crippen LogP contribution in [0.5, 0.6) is 0 Å². The summed E-state index contributed by atoms with van der Waals surface area (Å²) in [5.41, 5.74) is 1.43. The van der Waals surface area contributed by atoms with E-state index in [0.717, 1.165) is 10.6 Å². The molecule has 1 aliphatic rings. The average Bonchev–Trinajstić information content (AvgIpc) is 3.06. The van der Waals surface area contributed by atoms with Crippen LogP contribution in [-0.4, -0.2) is 23.0 Å². The summed E-state index contributed by atoms with van der Waals surface area (Å²) >= 11 is 13.6. The Morgan fingerprint density at radius 1 is 1.00 bits per heavy atom. The standard InChI is InChI=1S/C20H14Cl2N2O3S/c21-14-7-3-1-5-12(14)18(25)23-20-24(16-9-10-27-11-17(16)28-20)19(26)13-6-2-4-8-15(13)22/h1-8H,9-11H2. The average molecular weight is 433 g/mol. The largest absolute Gasteiger partial charge is 0.375 e. The predicted octanol–water partition coefficient (Wildman–Crippen LogP) is 4.36. The zero-order chi connectivity index (χ0) is 19.7. The molecule has 0 saturated carbocycles. The molecule has 0 N–H and O–H groups in total. The van der Waals surface area contributed by atoms with E-state index in [1.807, 2.05) is 0 Å². The molecule has 1 amide bonds. The monoisotopic (exact) mass is 432 g/mol. The first-order valence-corrected chi connectivity index (χ1v) is 10.1. The van der Waals surface area contributed by atoms with E-state index in [9.17, 15) is 9.59 Å². The Kier molecular flexibility index (Phi) is 5.46. The van der Waals surface area contributed by atoms with Gasteiger partial charge in [-0.25, -0.2) is 0 Å². The molecule has 8 heteroatoms. The summed E-state index contributed by atoms with van der Waals surface area (Å²) in [4.78, 5) is 31.3. The minimum Gasteiger partial charge on any atom is -0.375 e. The molecule has 28 heavy (non-hydrogen) atoms. The van der Waals surface area contributed by atoms with Gasteiger partial charge < -0.3 is 4.74 Å². The number of fused-ring (bicyclic) bond motifs is 1. The molecule has 0 fully saturated rings. The predicted molar refractivity (Wildman–Crippen MR) is 108 cm³/mol. The molecule has 0 unspecified atom stereocenters. The Balaban J connectivity index is 1.88. The Labute approximate surface area is 174 Å². The maximum Gasteiger partial charge on any atom is 0.281 e. The van der Waals surface area contributed by atoms with Gasteiger partial charge in [0.15, 0.2) is 0 Å². The number of hydrogen-bond donors (Lipinski definition) is 0. The topological polar surface area (TPSA) is 60.7 Å². The van der Waals surface area contributed by atoms with Gasteiger partial charge in [0.05, 0.1) is 39.3 Å². The molecule has 1 aliphatic heterocycles. The van der Waals surface area contributed by atoms with E-state index in [1.54, 1.807) is 48.5 Å². The first-order valence-electron chi connectivity index (χ1n) is 8.50. The highest BCUT2D eigenvalue weighted by molar-refractivity contribution is 7.09. The van der Waals surface area contributed by atoms with Crippen LogP contribution >= 0.6 is 34.5 Å². The first-order chi connectivity index (χ1) is 13.6. The van der Waals surface area contributed by atoms with Crippen LogP contribution in [-0.2, 0) is 17.8 Å². The van der Waals surface area contributed by atoms with Crippen molar-refractivity contribution in [2.45, 2.75) is 13.0 Å². The van der Waals surface area contributed by atoms with Crippen molar-refractivity contribution in [3.63, 3.8) is 0 Å². The molecule has 0 spiro atoms. The van der Waals surface area contributed by atoms with Gasteiger partial charge in [0.2, 0.25) is 4.80 Å². The number of nitrogens with zero attached hydrogens (tertiary/aromatic N) is 2. The number of thiazole rings is 1. The second-order valence-corrected chi connectivity index (χ2v) is 7.95. The number of carbonyl (C=O) groups is 2. The fraction of sp³-hybridized carbons (Fsp3) is 0.150. The molecule has 0 aliphatic carbocycles. The van der Waals surface area contributed by atoms with Crippen LogP contribution in [0.4, 0.5) is 0 Å². The Morgan fingerprint density at radius 2 is 1.64 bits per heavy atom. The normalized spacial score (nSPS) is 14.0. The number of benzene rings is 2. The van der Waals surface area contributed by atoms with Gasteiger partial charge in [0, 0.05) is 12.1 Å². The molecule has 2 aromatic carbocycles. The van der Waals surface area contributed by atoms with Crippen molar-refractivity contribution in [3.05, 3.63) is 85.1 Å². The van der Waals surface area contributed by atoms with Crippen molar-refractivity contribution in [1.29, 1.82) is 0 Å². The maximum atomic E-state index is 13.3. The number of rotatable bonds is 2. The third-order valence-corrected chi connectivity index (χ3v) is 6.04. The number of hydrogen-bond acceptors (Lipinski definition) is 4. The summed E-state index contributed by atoms with van der Waals surface area (Å²) in [5, 5.41) is 0.653. The fourth-order valence-corrected chi connectivity index (χ4v) is 4.49. The fourth-order valence-electron chi connectivity index (χ4n) is 2.97. The second kappa shape index (κ2) is 8.01. The summed E-state index contributed by atoms with van der Waals surface area (Å²) in [7, 11) is 0. The Morgan fingerprint density at radius 3 is 2.32 bits per heavy atom. The van der Waals surface area contributed by atoms with Gasteiger partial charge in [0.25, 0.3) is 11.8 Å². The summed E-state index contributed by atoms with van der Waals surface area (Å²) < 4.78 is 6.96. The lowest BCUT2D eigenvalue weighted by Gasteiger charge is -2.14. The van der Waals surface area contributed by atoms with Crippen molar-refractivity contribution >= 4 is 46.4 Å². The van der Waals surface area contributed by atoms with Crippen LogP contribution in [0.3, 0.4) is 0 Å². The van der Waals surface area contributed by atoms with E-state index < -0.39 is 5.91 Å². The molecule has 3 aromatic rings. The SMILES string of the molecule is O=C(N=c1sc2c(n1C(=O)c1ccccc1Cl)CCOC2)c1ccccc1Cl. The third kappa shape index (κ3) is 3.56. The molecule has 1 aromatic heterocycles. The van der Waals surface area contributed by atoms with Crippen molar-refractivity contribution in [1.82, 2.24) is 4.57 Å². The van der Waals surface area contributed by atoms with Gasteiger partial charge in [-0.05, 0) is 24.3 Å². The lowest BCUT2D eigenvalue weighted by Crippen LogP contribution is -2.28. The van der Waals surface area contributed by atoms with Crippen molar-refractivity contribution < 1.29 is 14.3 Å². The van der Waals surface area contributed by atoms with Gasteiger partial charge in [0.1, 0.15) is 0 Å². The molecule has 0 saturated heterocycles. The van der Waals surface area contributed by atoms with Crippen LogP contribution in [0.15, 0.2) is 53.5 Å². The lowest BCUT2D eigenvalue weighted by molar-refractivity contribution is 0.0926. The third-order valence-electron chi connectivity index (χ3n) is 4.32. The highest BCUT2D eigenvalue weighted by Crippen LogP contribution is 2.23. The van der Waals surface area contributed by atoms with E-state index in [1.165, 1.54) is 15.9 Å². The first kappa shape index (κ1) is 19.1. The number of carbonyl (C=O) groups excluding carboxylic acids is 2. The Hall–Kier alpha value is -2.25. The zero-order valence-corrected chi connectivity index (χ0v) is 16.9. The molecule has 4 rings (SSSR count). The molecule has 5 nitrogen and oxygen atoms in total. The smallest absolute Gasteiger partial charge is 0.281 e. The second-order valence-electron chi connectivity index (χ2n) is 6.07. The number of ether oxygens (including phenoxy) is 1. The molecule has 0 atom stereocenters. The molecule has 0 radical (unpaired) electrons. The van der Waals surface area contributed by atoms with Gasteiger partial charge in [-0.2, -0.15) is 4.99 Å². The van der Waals surface area contributed by atoms with Crippen molar-refractivity contribution in [2.75, 3.05) is 6.61 Å². The van der Waals surface area contributed by atoms with Crippen LogP contribution in [0, 0.1) is 0 Å². The van der Waals surface area contributed by atoms with Crippen molar-refractivity contribution in [3.8, 4) is 0 Å². The molecule has 2 heterocycles. The van der Waals surface area contributed by atoms with Gasteiger partial charge in [-0.15, -0.1) is 0 Å². The van der Waals surface area contributed by atoms with Crippen LogP contribution in [0.1, 0.15) is 31.3 Å². The molecular weight excluding hydrogens is 419 g/mol. The summed E-state index contributed by atoms with van der Waals surface area (Å²) in [6.45, 7) is 0.878. The van der Waals surface area contributed by atoms with E-state index >= 15 is 0 Å². The zero-order valence-electron chi connectivity index (χ0n) is 14.5. The quantitative estimate of drug-likeness (QED) is 0.604. The van der Waals surface area contributed by atoms with Gasteiger partial charge >= 0.3 is 0 Å². The number of aromatic nitrogens is 1. The van der Waals surface area contributed by atoms with E-state index in [0.29, 0.717) is 35.2 Å². The highest BCUT2D eigenvalue weighted by Gasteiger charge is 2.24. The summed E-state index contributed by atoms with van der Waals surface area (Å²) in [6.07, 6.45) is 0.553. The molecule has 142 valence electrons. The summed E-state index contributed by atoms with van der Waals surface area (Å²) in [6, 6.07) is 13.5. The number of amides is 1. The lowest BCUT2D eigenvalue weighted by atomic mass is 10.2. The Bertz CT molecular complexity index is 1150. The summed E-state index contributed by atoms with van der Waals surface area (Å²) in [5.74, 6) is -0.832. The van der Waals surface area contributed by atoms with E-state index in [4.69, 9.17) is 27.9 Å². The van der Waals surface area contributed by atoms with Crippen LogP contribution < -0.4 is 4.80 Å². The minimum atomic E-state index is -0.508. The van der Waals surface area contributed by atoms with E-state index in [-0.39, 0.29) is 16.3 Å². The van der Waals surface area contributed by atoms with Crippen molar-refractivity contribution in [2.24, 2.45) is 4.99 Å². The van der Waals surface area contributed by atoms with Crippen LogP contribution in [0.25, 0.3) is 0 Å². The maximum absolute atomic E-state index is 13.3. The van der Waals surface area contributed by atoms with Gasteiger partial charge in [-0.1, -0.05) is 58.8 Å². The van der Waals surface area contributed by atoms with Crippen LogP contribution in [0.2, 0.25) is 10.0 Å². The minimum absolute atomic E-state index is 0.281. The van der Waals surface area contributed by atoms with E-state index in [2.05, 4.69) is 4.99 Å². The molecular formula is C20H14Cl2N2O3S. The highest BCUT2D eigenvalue weighted by atomic mass is 35.5. The van der Waals surface area contributed by atoms with Gasteiger partial charge in [-0.3, -0.25) is 14.2 Å². The molecule has 0 bridgehead atoms. The number of halogens is 2.